The first-order chi connectivity index (χ1) is 15.1. The molecule has 0 saturated heterocycles. The van der Waals surface area contributed by atoms with Crippen molar-refractivity contribution >= 4 is 5.97 Å². The van der Waals surface area contributed by atoms with Gasteiger partial charge in [0.05, 0.1) is 5.56 Å². The summed E-state index contributed by atoms with van der Waals surface area (Å²) >= 11 is 0. The van der Waals surface area contributed by atoms with Crippen LogP contribution >= 0.6 is 0 Å². The Morgan fingerprint density at radius 2 is 1.44 bits per heavy atom. The Bertz CT molecular complexity index is 1200. The lowest BCUT2D eigenvalue weighted by Crippen LogP contribution is -2.33. The number of carbonyl (C=O) groups is 1. The molecular formula is C23H20O9. The van der Waals surface area contributed by atoms with Gasteiger partial charge in [-0.2, -0.15) is 0 Å². The maximum atomic E-state index is 12.8. The van der Waals surface area contributed by atoms with Gasteiger partial charge in [0.2, 0.25) is 0 Å². The van der Waals surface area contributed by atoms with Gasteiger partial charge in [0, 0.05) is 24.0 Å². The second kappa shape index (κ2) is 7.77. The van der Waals surface area contributed by atoms with E-state index in [1.54, 1.807) is 6.07 Å². The van der Waals surface area contributed by atoms with Crippen molar-refractivity contribution < 1.29 is 45.3 Å². The summed E-state index contributed by atoms with van der Waals surface area (Å²) in [5, 5.41) is 68.6. The summed E-state index contributed by atoms with van der Waals surface area (Å²) in [4.78, 5) is 12.8. The molecule has 0 fully saturated rings. The number of fused-ring (bicyclic) bond motifs is 1. The fourth-order valence-electron chi connectivity index (χ4n) is 3.98. The Labute approximate surface area is 181 Å². The quantitative estimate of drug-likeness (QED) is 0.239. The molecular weight excluding hydrogens is 420 g/mol. The summed E-state index contributed by atoms with van der Waals surface area (Å²) in [5.41, 5.74) is 1.46. The molecule has 9 heteroatoms. The Hall–Kier alpha value is -4.27. The summed E-state index contributed by atoms with van der Waals surface area (Å²) in [6.07, 6.45) is -0.520. The minimum atomic E-state index is -0.893. The van der Waals surface area contributed by atoms with Gasteiger partial charge in [0.25, 0.3) is 0 Å². The monoisotopic (exact) mass is 440 g/mol. The van der Waals surface area contributed by atoms with E-state index in [1.807, 2.05) is 0 Å². The molecule has 2 unspecified atom stereocenters. The first-order valence-corrected chi connectivity index (χ1v) is 9.65. The molecule has 9 nitrogen and oxygen atoms in total. The van der Waals surface area contributed by atoms with Crippen LogP contribution in [0.1, 0.15) is 33.0 Å². The van der Waals surface area contributed by atoms with E-state index in [2.05, 4.69) is 0 Å². The van der Waals surface area contributed by atoms with Crippen LogP contribution < -0.4 is 0 Å². The number of ether oxygens (including phenoxy) is 1. The summed E-state index contributed by atoms with van der Waals surface area (Å²) in [6.45, 7) is 0. The minimum Gasteiger partial charge on any atom is -0.508 e. The van der Waals surface area contributed by atoms with Crippen LogP contribution in [0.5, 0.6) is 40.2 Å². The van der Waals surface area contributed by atoms with Gasteiger partial charge in [-0.15, -0.1) is 0 Å². The summed E-state index contributed by atoms with van der Waals surface area (Å²) in [7, 11) is 0. The number of benzene rings is 3. The Balaban J connectivity index is 1.72. The lowest BCUT2D eigenvalue weighted by molar-refractivity contribution is 0.0212. The molecule has 1 aliphatic carbocycles. The maximum absolute atomic E-state index is 12.8. The maximum Gasteiger partial charge on any atom is 0.338 e. The molecule has 0 amide bonds. The number of phenols is 7. The Kier molecular flexibility index (Phi) is 5.09. The third-order valence-electron chi connectivity index (χ3n) is 5.59. The summed E-state index contributed by atoms with van der Waals surface area (Å²) < 4.78 is 5.65. The molecule has 4 rings (SSSR count). The van der Waals surface area contributed by atoms with Gasteiger partial charge < -0.3 is 40.5 Å². The van der Waals surface area contributed by atoms with Gasteiger partial charge >= 0.3 is 5.97 Å². The SMILES string of the molecule is O=C(OC1Cc2c(O)cc(O)cc2CC1c1ccc(O)c(O)c1)c1cc(O)c(O)c(O)c1. The van der Waals surface area contributed by atoms with E-state index < -0.39 is 35.2 Å². The van der Waals surface area contributed by atoms with Crippen LogP contribution in [0.15, 0.2) is 42.5 Å². The average Bonchev–Trinajstić information content (AvgIpc) is 2.73. The number of carbonyl (C=O) groups excluding carboxylic acids is 1. The van der Waals surface area contributed by atoms with Crippen LogP contribution in [-0.2, 0) is 17.6 Å². The van der Waals surface area contributed by atoms with Crippen molar-refractivity contribution in [3.05, 3.63) is 64.7 Å². The number of aromatic hydroxyl groups is 7. The van der Waals surface area contributed by atoms with Crippen molar-refractivity contribution in [3.63, 3.8) is 0 Å². The summed E-state index contributed by atoms with van der Waals surface area (Å²) in [6, 6.07) is 8.78. The van der Waals surface area contributed by atoms with E-state index in [1.165, 1.54) is 24.3 Å². The van der Waals surface area contributed by atoms with Crippen LogP contribution in [0.25, 0.3) is 0 Å². The summed E-state index contributed by atoms with van der Waals surface area (Å²) in [5.74, 6) is -4.52. The van der Waals surface area contributed by atoms with Gasteiger partial charge in [-0.05, 0) is 47.9 Å². The second-order valence-corrected chi connectivity index (χ2v) is 7.67. The largest absolute Gasteiger partial charge is 0.508 e. The van der Waals surface area contributed by atoms with Crippen molar-refractivity contribution in [1.82, 2.24) is 0 Å². The van der Waals surface area contributed by atoms with E-state index in [0.717, 1.165) is 12.1 Å². The molecule has 3 aromatic rings. The number of hydrogen-bond donors (Lipinski definition) is 7. The molecule has 166 valence electrons. The van der Waals surface area contributed by atoms with Crippen LogP contribution in [-0.4, -0.2) is 47.8 Å². The lowest BCUT2D eigenvalue weighted by atomic mass is 9.77. The van der Waals surface area contributed by atoms with E-state index in [0.29, 0.717) is 16.7 Å². The Morgan fingerprint density at radius 3 is 2.09 bits per heavy atom. The van der Waals surface area contributed by atoms with Crippen molar-refractivity contribution in [1.29, 1.82) is 0 Å². The highest BCUT2D eigenvalue weighted by Crippen LogP contribution is 2.42. The molecule has 0 heterocycles. The predicted octanol–water partition coefficient (Wildman–Crippen LogP) is 2.73. The van der Waals surface area contributed by atoms with E-state index in [9.17, 15) is 40.5 Å². The van der Waals surface area contributed by atoms with Gasteiger partial charge in [-0.1, -0.05) is 6.07 Å². The molecule has 2 atom stereocenters. The normalized spacial score (nSPS) is 17.5. The van der Waals surface area contributed by atoms with Gasteiger partial charge in [0.15, 0.2) is 28.7 Å². The zero-order chi connectivity index (χ0) is 23.2. The standard InChI is InChI=1S/C23H20O9/c24-13-3-11-4-15(10-1-2-16(25)18(27)5-10)21(9-14(11)17(26)8-13)32-23(31)12-6-19(28)22(30)20(29)7-12/h1-3,5-8,15,21,24-30H,4,9H2. The van der Waals surface area contributed by atoms with Crippen molar-refractivity contribution in [3.8, 4) is 40.2 Å². The number of esters is 1. The van der Waals surface area contributed by atoms with Gasteiger partial charge in [0.1, 0.15) is 17.6 Å². The fourth-order valence-corrected chi connectivity index (χ4v) is 3.98. The van der Waals surface area contributed by atoms with Gasteiger partial charge in [-0.25, -0.2) is 4.79 Å². The molecule has 0 spiro atoms. The fraction of sp³-hybridized carbons (Fsp3) is 0.174. The van der Waals surface area contributed by atoms with Crippen LogP contribution in [0.2, 0.25) is 0 Å². The van der Waals surface area contributed by atoms with Crippen molar-refractivity contribution in [2.45, 2.75) is 24.9 Å². The molecule has 3 aromatic carbocycles. The highest BCUT2D eigenvalue weighted by atomic mass is 16.5. The highest BCUT2D eigenvalue weighted by Gasteiger charge is 2.35. The molecule has 0 aliphatic heterocycles. The molecule has 0 aromatic heterocycles. The van der Waals surface area contributed by atoms with Crippen molar-refractivity contribution in [2.24, 2.45) is 0 Å². The van der Waals surface area contributed by atoms with Crippen LogP contribution in [0, 0.1) is 0 Å². The first kappa shape index (κ1) is 21.0. The molecule has 7 N–H and O–H groups in total. The third kappa shape index (κ3) is 3.76. The number of hydrogen-bond acceptors (Lipinski definition) is 9. The van der Waals surface area contributed by atoms with Gasteiger partial charge in [-0.3, -0.25) is 0 Å². The van der Waals surface area contributed by atoms with Crippen LogP contribution in [0.3, 0.4) is 0 Å². The zero-order valence-electron chi connectivity index (χ0n) is 16.6. The molecule has 0 saturated carbocycles. The smallest absolute Gasteiger partial charge is 0.338 e. The molecule has 32 heavy (non-hydrogen) atoms. The molecule has 0 bridgehead atoms. The highest BCUT2D eigenvalue weighted by molar-refractivity contribution is 5.91. The minimum absolute atomic E-state index is 0.0789. The average molecular weight is 440 g/mol. The third-order valence-corrected chi connectivity index (χ3v) is 5.59. The molecule has 0 radical (unpaired) electrons. The predicted molar refractivity (Wildman–Crippen MR) is 110 cm³/mol. The lowest BCUT2D eigenvalue weighted by Gasteiger charge is -2.33. The number of phenolic OH excluding ortho intramolecular Hbond substituents is 7. The second-order valence-electron chi connectivity index (χ2n) is 7.67. The first-order valence-electron chi connectivity index (χ1n) is 9.65. The number of rotatable bonds is 3. The zero-order valence-corrected chi connectivity index (χ0v) is 16.6. The Morgan fingerprint density at radius 1 is 0.750 bits per heavy atom. The van der Waals surface area contributed by atoms with Crippen molar-refractivity contribution in [2.75, 3.05) is 0 Å². The van der Waals surface area contributed by atoms with E-state index >= 15 is 0 Å². The van der Waals surface area contributed by atoms with E-state index in [4.69, 9.17) is 4.74 Å². The van der Waals surface area contributed by atoms with E-state index in [-0.39, 0.29) is 41.4 Å². The molecule has 1 aliphatic rings. The topological polar surface area (TPSA) is 168 Å². The van der Waals surface area contributed by atoms with Crippen LogP contribution in [0.4, 0.5) is 0 Å².